The Labute approximate surface area is 237 Å². The predicted octanol–water partition coefficient (Wildman–Crippen LogP) is 5.91. The molecule has 1 fully saturated rings. The highest BCUT2D eigenvalue weighted by molar-refractivity contribution is 9.10. The summed E-state index contributed by atoms with van der Waals surface area (Å²) in [5.74, 6) is -0.0623. The van der Waals surface area contributed by atoms with Crippen molar-refractivity contribution < 1.29 is 23.8 Å². The quantitative estimate of drug-likeness (QED) is 0.449. The van der Waals surface area contributed by atoms with Crippen LogP contribution < -0.4 is 25.2 Å². The van der Waals surface area contributed by atoms with Crippen LogP contribution in [0.3, 0.4) is 0 Å². The lowest BCUT2D eigenvalue weighted by molar-refractivity contribution is -0.121. The van der Waals surface area contributed by atoms with Gasteiger partial charge in [0.2, 0.25) is 0 Å². The zero-order chi connectivity index (χ0) is 28.9. The van der Waals surface area contributed by atoms with Crippen molar-refractivity contribution in [3.05, 3.63) is 49.3 Å². The number of aromatic nitrogens is 1. The van der Waals surface area contributed by atoms with Gasteiger partial charge in [-0.1, -0.05) is 0 Å². The first-order valence-electron chi connectivity index (χ1n) is 13.3. The SMILES string of the molecule is Cc1cc(C)c(N(C)C(=O)c2cc(Br)c3c(c2C)OC(C)(C2CCC(NC(=O)OC(C)(C)C)CC2)O3)c(=O)[nH]1. The number of hydrogen-bond acceptors (Lipinski definition) is 6. The largest absolute Gasteiger partial charge is 0.448 e. The van der Waals surface area contributed by atoms with Gasteiger partial charge in [0.25, 0.3) is 17.3 Å². The molecule has 0 saturated heterocycles. The molecule has 1 unspecified atom stereocenters. The van der Waals surface area contributed by atoms with E-state index in [-0.39, 0.29) is 23.4 Å². The molecule has 212 valence electrons. The number of ether oxygens (including phenoxy) is 3. The molecule has 4 rings (SSSR count). The second-order valence-corrected chi connectivity index (χ2v) is 12.6. The Morgan fingerprint density at radius 2 is 1.72 bits per heavy atom. The van der Waals surface area contributed by atoms with E-state index in [0.717, 1.165) is 31.4 Å². The highest BCUT2D eigenvalue weighted by Crippen LogP contribution is 2.51. The molecule has 2 N–H and O–H groups in total. The second-order valence-electron chi connectivity index (χ2n) is 11.8. The summed E-state index contributed by atoms with van der Waals surface area (Å²) in [6.07, 6.45) is 2.75. The van der Waals surface area contributed by atoms with Gasteiger partial charge in [0.05, 0.1) is 4.47 Å². The minimum atomic E-state index is -0.912. The van der Waals surface area contributed by atoms with Gasteiger partial charge < -0.3 is 29.4 Å². The molecule has 0 radical (unpaired) electrons. The number of carbonyl (C=O) groups excluding carboxylic acids is 2. The van der Waals surface area contributed by atoms with Crippen molar-refractivity contribution in [2.24, 2.45) is 5.92 Å². The van der Waals surface area contributed by atoms with Gasteiger partial charge >= 0.3 is 6.09 Å². The van der Waals surface area contributed by atoms with Crippen molar-refractivity contribution >= 4 is 33.6 Å². The van der Waals surface area contributed by atoms with Crippen molar-refractivity contribution in [3.8, 4) is 11.5 Å². The number of nitrogens with one attached hydrogen (secondary N) is 2. The van der Waals surface area contributed by atoms with E-state index in [0.29, 0.717) is 38.3 Å². The number of carbonyl (C=O) groups is 2. The Kier molecular flexibility index (Phi) is 7.82. The van der Waals surface area contributed by atoms with Crippen LogP contribution in [0.1, 0.15) is 80.6 Å². The summed E-state index contributed by atoms with van der Waals surface area (Å²) in [5, 5.41) is 2.97. The Balaban J connectivity index is 1.50. The maximum atomic E-state index is 13.6. The molecule has 1 atom stereocenters. The first-order valence-corrected chi connectivity index (χ1v) is 14.1. The number of alkyl carbamates (subject to hydrolysis) is 1. The third-order valence-corrected chi connectivity index (χ3v) is 8.03. The fraction of sp³-hybridized carbons (Fsp3) is 0.552. The van der Waals surface area contributed by atoms with Gasteiger partial charge in [0.15, 0.2) is 11.5 Å². The van der Waals surface area contributed by atoms with E-state index in [4.69, 9.17) is 14.2 Å². The Morgan fingerprint density at radius 1 is 1.10 bits per heavy atom. The number of nitrogens with zero attached hydrogens (tertiary/aromatic N) is 1. The number of aromatic amines is 1. The van der Waals surface area contributed by atoms with Crippen LogP contribution in [0.4, 0.5) is 10.5 Å². The molecule has 2 aliphatic rings. The van der Waals surface area contributed by atoms with Gasteiger partial charge in [-0.05, 0) is 101 Å². The number of halogens is 1. The number of rotatable bonds is 4. The van der Waals surface area contributed by atoms with Crippen LogP contribution in [0.25, 0.3) is 0 Å². The molecule has 2 heterocycles. The smallest absolute Gasteiger partial charge is 0.407 e. The van der Waals surface area contributed by atoms with E-state index in [9.17, 15) is 14.4 Å². The first kappa shape index (κ1) is 29.0. The minimum Gasteiger partial charge on any atom is -0.448 e. The van der Waals surface area contributed by atoms with Crippen LogP contribution in [-0.4, -0.2) is 41.5 Å². The van der Waals surface area contributed by atoms with E-state index < -0.39 is 17.5 Å². The standard InChI is InChI=1S/C29H38BrN3O6/c1-15-13-16(2)31-25(34)22(15)33(8)26(35)20-14-21(30)24-23(17(20)3)37-29(7,38-24)18-9-11-19(12-10-18)32-27(36)39-28(4,5)6/h13-14,18-19H,9-12H2,1-8H3,(H,31,34)(H,32,36). The zero-order valence-electron chi connectivity index (χ0n) is 23.9. The van der Waals surface area contributed by atoms with Gasteiger partial charge in [-0.25, -0.2) is 4.79 Å². The maximum Gasteiger partial charge on any atom is 0.407 e. The lowest BCUT2D eigenvalue weighted by Gasteiger charge is -2.37. The number of anilines is 1. The fourth-order valence-corrected chi connectivity index (χ4v) is 6.01. The monoisotopic (exact) mass is 603 g/mol. The van der Waals surface area contributed by atoms with E-state index in [1.165, 1.54) is 4.90 Å². The van der Waals surface area contributed by atoms with Crippen LogP contribution >= 0.6 is 15.9 Å². The third-order valence-electron chi connectivity index (χ3n) is 7.44. The van der Waals surface area contributed by atoms with Crippen LogP contribution in [-0.2, 0) is 4.74 Å². The minimum absolute atomic E-state index is 0.0325. The average molecular weight is 605 g/mol. The summed E-state index contributed by atoms with van der Waals surface area (Å²) in [6, 6.07) is 3.60. The highest BCUT2D eigenvalue weighted by atomic mass is 79.9. The van der Waals surface area contributed by atoms with Gasteiger partial charge in [-0.3, -0.25) is 9.59 Å². The van der Waals surface area contributed by atoms with E-state index >= 15 is 0 Å². The van der Waals surface area contributed by atoms with E-state index in [2.05, 4.69) is 26.2 Å². The molecule has 0 spiro atoms. The van der Waals surface area contributed by atoms with Crippen molar-refractivity contribution in [2.45, 2.75) is 91.6 Å². The second kappa shape index (κ2) is 10.5. The van der Waals surface area contributed by atoms with Gasteiger partial charge in [-0.15, -0.1) is 0 Å². The summed E-state index contributed by atoms with van der Waals surface area (Å²) in [6.45, 7) is 12.9. The number of fused-ring (bicyclic) bond motifs is 1. The number of hydrogen-bond donors (Lipinski definition) is 2. The summed E-state index contributed by atoms with van der Waals surface area (Å²) in [5.41, 5.74) is 1.97. The number of H-pyrrole nitrogens is 1. The number of pyridine rings is 1. The van der Waals surface area contributed by atoms with Gasteiger partial charge in [0.1, 0.15) is 11.3 Å². The number of benzene rings is 1. The average Bonchev–Trinajstić information content (AvgIpc) is 3.19. The van der Waals surface area contributed by atoms with Crippen molar-refractivity contribution in [1.82, 2.24) is 10.3 Å². The molecule has 1 aliphatic carbocycles. The normalized spacial score (nSPS) is 22.4. The Morgan fingerprint density at radius 3 is 2.31 bits per heavy atom. The molecule has 39 heavy (non-hydrogen) atoms. The molecule has 1 saturated carbocycles. The topological polar surface area (TPSA) is 110 Å². The van der Waals surface area contributed by atoms with Crippen molar-refractivity contribution in [1.29, 1.82) is 0 Å². The van der Waals surface area contributed by atoms with Crippen LogP contribution in [0.2, 0.25) is 0 Å². The first-order chi connectivity index (χ1) is 18.1. The summed E-state index contributed by atoms with van der Waals surface area (Å²) < 4.78 is 18.9. The van der Waals surface area contributed by atoms with Gasteiger partial charge in [0, 0.05) is 42.8 Å². The summed E-state index contributed by atoms with van der Waals surface area (Å²) in [7, 11) is 1.60. The third kappa shape index (κ3) is 5.95. The van der Waals surface area contributed by atoms with Crippen LogP contribution in [0.15, 0.2) is 21.4 Å². The molecule has 1 aromatic heterocycles. The predicted molar refractivity (Wildman–Crippen MR) is 153 cm³/mol. The molecule has 10 heteroatoms. The molecular formula is C29H38BrN3O6. The molecule has 1 aromatic carbocycles. The maximum absolute atomic E-state index is 13.6. The molecule has 2 amide bonds. The molecular weight excluding hydrogens is 566 g/mol. The fourth-order valence-electron chi connectivity index (χ4n) is 5.52. The lowest BCUT2D eigenvalue weighted by Crippen LogP contribution is -2.48. The summed E-state index contributed by atoms with van der Waals surface area (Å²) in [4.78, 5) is 42.6. The van der Waals surface area contributed by atoms with Crippen LogP contribution in [0.5, 0.6) is 11.5 Å². The number of amides is 2. The summed E-state index contributed by atoms with van der Waals surface area (Å²) >= 11 is 3.58. The lowest BCUT2D eigenvalue weighted by atomic mass is 9.81. The van der Waals surface area contributed by atoms with Crippen LogP contribution in [0, 0.1) is 26.7 Å². The highest BCUT2D eigenvalue weighted by Gasteiger charge is 2.47. The molecule has 2 aromatic rings. The molecule has 9 nitrogen and oxygen atoms in total. The van der Waals surface area contributed by atoms with Gasteiger partial charge in [-0.2, -0.15) is 0 Å². The Bertz CT molecular complexity index is 1360. The zero-order valence-corrected chi connectivity index (χ0v) is 25.5. The van der Waals surface area contributed by atoms with Crippen molar-refractivity contribution in [2.75, 3.05) is 11.9 Å². The van der Waals surface area contributed by atoms with Crippen molar-refractivity contribution in [3.63, 3.8) is 0 Å². The van der Waals surface area contributed by atoms with E-state index in [1.807, 2.05) is 47.6 Å². The molecule has 1 aliphatic heterocycles. The molecule has 0 bridgehead atoms. The number of aryl methyl sites for hydroxylation is 2. The van der Waals surface area contributed by atoms with E-state index in [1.54, 1.807) is 20.0 Å². The Hall–Kier alpha value is -3.01.